The molecule has 2 unspecified atom stereocenters. The number of methoxy groups -OCH3 is 1. The van der Waals surface area contributed by atoms with Crippen LogP contribution in [0.1, 0.15) is 36.2 Å². The highest BCUT2D eigenvalue weighted by molar-refractivity contribution is 6.01. The highest BCUT2D eigenvalue weighted by atomic mass is 19.3. The fourth-order valence-electron chi connectivity index (χ4n) is 3.44. The average molecular weight is 449 g/mol. The van der Waals surface area contributed by atoms with Gasteiger partial charge in [0.05, 0.1) is 30.6 Å². The Labute approximate surface area is 181 Å². The van der Waals surface area contributed by atoms with E-state index in [0.29, 0.717) is 22.5 Å². The molecular formula is C22H22F3N3O4. The second kappa shape index (κ2) is 8.01. The Morgan fingerprint density at radius 2 is 2.00 bits per heavy atom. The number of hydrogen-bond donors (Lipinski definition) is 2. The van der Waals surface area contributed by atoms with Gasteiger partial charge in [-0.2, -0.15) is 8.78 Å². The number of rotatable bonds is 7. The standard InChI is InChI=1S/C22H22F3N3O4/c1-22(2,30)12-4-5-28-15(10-26-18(28)8-12)11-6-16(31-3)19(17(7-11)32-21(24)25)20(29)27-14-9-13(14)23/h4-8,10,13-14,21,30H,9H2,1-3H3,(H,27,29). The number of nitrogens with one attached hydrogen (secondary N) is 1. The van der Waals surface area contributed by atoms with E-state index in [1.165, 1.54) is 25.4 Å². The van der Waals surface area contributed by atoms with Crippen molar-refractivity contribution in [3.8, 4) is 22.8 Å². The summed E-state index contributed by atoms with van der Waals surface area (Å²) in [6, 6.07) is 5.56. The first-order valence-corrected chi connectivity index (χ1v) is 9.90. The molecule has 0 aliphatic heterocycles. The molecule has 4 rings (SSSR count). The van der Waals surface area contributed by atoms with E-state index in [1.807, 2.05) is 0 Å². The van der Waals surface area contributed by atoms with Gasteiger partial charge in [0, 0.05) is 18.2 Å². The van der Waals surface area contributed by atoms with Crippen LogP contribution in [0.2, 0.25) is 0 Å². The van der Waals surface area contributed by atoms with Crippen LogP contribution in [0, 0.1) is 0 Å². The molecule has 2 aromatic heterocycles. The van der Waals surface area contributed by atoms with E-state index in [1.54, 1.807) is 36.6 Å². The van der Waals surface area contributed by atoms with Crippen molar-refractivity contribution in [1.82, 2.24) is 14.7 Å². The van der Waals surface area contributed by atoms with Crippen molar-refractivity contribution in [2.24, 2.45) is 0 Å². The highest BCUT2D eigenvalue weighted by Gasteiger charge is 2.40. The quantitative estimate of drug-likeness (QED) is 0.575. The van der Waals surface area contributed by atoms with Crippen molar-refractivity contribution in [3.63, 3.8) is 0 Å². The molecule has 1 aliphatic rings. The Bertz CT molecular complexity index is 1170. The third-order valence-electron chi connectivity index (χ3n) is 5.27. The van der Waals surface area contributed by atoms with E-state index >= 15 is 0 Å². The van der Waals surface area contributed by atoms with E-state index in [4.69, 9.17) is 4.74 Å². The van der Waals surface area contributed by atoms with Crippen molar-refractivity contribution in [2.45, 2.75) is 44.7 Å². The minimum Gasteiger partial charge on any atom is -0.496 e. The summed E-state index contributed by atoms with van der Waals surface area (Å²) < 4.78 is 51.1. The van der Waals surface area contributed by atoms with Crippen LogP contribution in [0.3, 0.4) is 0 Å². The summed E-state index contributed by atoms with van der Waals surface area (Å²) in [5, 5.41) is 12.7. The first kappa shape index (κ1) is 21.9. The van der Waals surface area contributed by atoms with Gasteiger partial charge in [0.2, 0.25) is 0 Å². The Morgan fingerprint density at radius 1 is 1.31 bits per heavy atom. The van der Waals surface area contributed by atoms with Crippen LogP contribution in [0.5, 0.6) is 11.5 Å². The van der Waals surface area contributed by atoms with Crippen LogP contribution in [-0.2, 0) is 5.60 Å². The maximum Gasteiger partial charge on any atom is 0.387 e. The number of fused-ring (bicyclic) bond motifs is 1. The van der Waals surface area contributed by atoms with Gasteiger partial charge in [-0.1, -0.05) is 0 Å². The lowest BCUT2D eigenvalue weighted by molar-refractivity contribution is -0.0502. The van der Waals surface area contributed by atoms with Gasteiger partial charge in [-0.15, -0.1) is 0 Å². The number of nitrogens with zero attached hydrogens (tertiary/aromatic N) is 2. The van der Waals surface area contributed by atoms with Crippen molar-refractivity contribution >= 4 is 11.6 Å². The van der Waals surface area contributed by atoms with E-state index in [9.17, 15) is 23.1 Å². The molecule has 2 heterocycles. The van der Waals surface area contributed by atoms with Gasteiger partial charge in [-0.25, -0.2) is 9.37 Å². The summed E-state index contributed by atoms with van der Waals surface area (Å²) in [6.45, 7) is 0.115. The molecule has 1 aromatic carbocycles. The maximum atomic E-state index is 13.2. The zero-order valence-electron chi connectivity index (χ0n) is 17.6. The molecule has 7 nitrogen and oxygen atoms in total. The van der Waals surface area contributed by atoms with Crippen LogP contribution < -0.4 is 14.8 Å². The first-order valence-electron chi connectivity index (χ1n) is 9.90. The summed E-state index contributed by atoms with van der Waals surface area (Å²) in [5.74, 6) is -1.16. The average Bonchev–Trinajstić information content (AvgIpc) is 3.23. The smallest absolute Gasteiger partial charge is 0.387 e. The van der Waals surface area contributed by atoms with Gasteiger partial charge in [0.15, 0.2) is 0 Å². The number of pyridine rings is 1. The minimum atomic E-state index is -3.19. The highest BCUT2D eigenvalue weighted by Crippen LogP contribution is 2.37. The number of ether oxygens (including phenoxy) is 2. The Hall–Kier alpha value is -3.27. The Kier molecular flexibility index (Phi) is 5.49. The lowest BCUT2D eigenvalue weighted by Crippen LogP contribution is -2.28. The molecule has 1 aliphatic carbocycles. The predicted octanol–water partition coefficient (Wildman–Crippen LogP) is 3.68. The van der Waals surface area contributed by atoms with E-state index in [2.05, 4.69) is 15.0 Å². The summed E-state index contributed by atoms with van der Waals surface area (Å²) in [7, 11) is 1.29. The van der Waals surface area contributed by atoms with Gasteiger partial charge in [0.25, 0.3) is 5.91 Å². The Morgan fingerprint density at radius 3 is 2.59 bits per heavy atom. The molecule has 170 valence electrons. The second-order valence-electron chi connectivity index (χ2n) is 8.11. The van der Waals surface area contributed by atoms with Gasteiger partial charge in [-0.05, 0) is 43.7 Å². The zero-order valence-corrected chi connectivity index (χ0v) is 17.6. The second-order valence-corrected chi connectivity index (χ2v) is 8.11. The van der Waals surface area contributed by atoms with Crippen molar-refractivity contribution < 1.29 is 32.5 Å². The molecule has 1 amide bonds. The molecule has 2 N–H and O–H groups in total. The molecule has 0 saturated heterocycles. The van der Waals surface area contributed by atoms with E-state index < -0.39 is 36.1 Å². The molecule has 2 atom stereocenters. The normalized spacial score (nSPS) is 18.1. The molecule has 32 heavy (non-hydrogen) atoms. The van der Waals surface area contributed by atoms with Gasteiger partial charge in [-0.3, -0.25) is 9.20 Å². The lowest BCUT2D eigenvalue weighted by atomic mass is 10.00. The predicted molar refractivity (Wildman–Crippen MR) is 110 cm³/mol. The third kappa shape index (κ3) is 4.22. The summed E-state index contributed by atoms with van der Waals surface area (Å²) in [5.41, 5.74) is 0.808. The number of hydrogen-bond acceptors (Lipinski definition) is 5. The van der Waals surface area contributed by atoms with Gasteiger partial charge >= 0.3 is 6.61 Å². The minimum absolute atomic E-state index is 0.00484. The molecule has 3 aromatic rings. The maximum absolute atomic E-state index is 13.2. The van der Waals surface area contributed by atoms with Crippen LogP contribution >= 0.6 is 0 Å². The van der Waals surface area contributed by atoms with E-state index in [0.717, 1.165) is 0 Å². The summed E-state index contributed by atoms with van der Waals surface area (Å²) in [6.07, 6.45) is 2.24. The van der Waals surface area contributed by atoms with E-state index in [-0.39, 0.29) is 17.7 Å². The monoisotopic (exact) mass is 449 g/mol. The summed E-state index contributed by atoms with van der Waals surface area (Å²) >= 11 is 0. The number of carbonyl (C=O) groups is 1. The molecule has 0 radical (unpaired) electrons. The van der Waals surface area contributed by atoms with Crippen molar-refractivity contribution in [3.05, 3.63) is 47.8 Å². The number of carbonyl (C=O) groups excluding carboxylic acids is 1. The number of alkyl halides is 3. The van der Waals surface area contributed by atoms with Crippen LogP contribution in [0.25, 0.3) is 16.9 Å². The topological polar surface area (TPSA) is 85.1 Å². The number of aromatic nitrogens is 2. The van der Waals surface area contributed by atoms with Crippen LogP contribution in [-0.4, -0.2) is 46.3 Å². The van der Waals surface area contributed by atoms with Crippen LogP contribution in [0.15, 0.2) is 36.7 Å². The number of aliphatic hydroxyl groups is 1. The SMILES string of the molecule is COc1cc(-c2cnc3cc(C(C)(C)O)ccn23)cc(OC(F)F)c1C(=O)NC1CC1F. The van der Waals surface area contributed by atoms with Gasteiger partial charge < -0.3 is 19.9 Å². The van der Waals surface area contributed by atoms with Crippen molar-refractivity contribution in [2.75, 3.05) is 7.11 Å². The lowest BCUT2D eigenvalue weighted by Gasteiger charge is -2.18. The van der Waals surface area contributed by atoms with Crippen LogP contribution in [0.4, 0.5) is 13.2 Å². The molecule has 0 spiro atoms. The number of amides is 1. The third-order valence-corrected chi connectivity index (χ3v) is 5.27. The van der Waals surface area contributed by atoms with Crippen molar-refractivity contribution in [1.29, 1.82) is 0 Å². The molecule has 1 fully saturated rings. The summed E-state index contributed by atoms with van der Waals surface area (Å²) in [4.78, 5) is 17.0. The number of imidazole rings is 1. The Balaban J connectivity index is 1.80. The first-order chi connectivity index (χ1) is 15.1. The molecule has 0 bridgehead atoms. The van der Waals surface area contributed by atoms with Gasteiger partial charge in [0.1, 0.15) is 28.9 Å². The number of benzene rings is 1. The fraction of sp³-hybridized carbons (Fsp3) is 0.364. The fourth-order valence-corrected chi connectivity index (χ4v) is 3.44. The number of halogens is 3. The molecular weight excluding hydrogens is 427 g/mol. The molecule has 1 saturated carbocycles. The largest absolute Gasteiger partial charge is 0.496 e. The molecule has 10 heteroatoms. The zero-order chi connectivity index (χ0) is 23.2.